The van der Waals surface area contributed by atoms with Crippen molar-refractivity contribution in [3.63, 3.8) is 0 Å². The molecule has 2 heterocycles. The number of hydrogen-bond acceptors (Lipinski definition) is 4. The Labute approximate surface area is 164 Å². The number of rotatable bonds is 5. The van der Waals surface area contributed by atoms with Crippen LogP contribution in [-0.4, -0.2) is 49.6 Å². The summed E-state index contributed by atoms with van der Waals surface area (Å²) in [4.78, 5) is 30.3. The minimum Gasteiger partial charge on any atom is -0.369 e. The quantitative estimate of drug-likeness (QED) is 0.825. The Morgan fingerprint density at radius 2 is 1.71 bits per heavy atom. The van der Waals surface area contributed by atoms with Crippen LogP contribution in [0.2, 0.25) is 0 Å². The first kappa shape index (κ1) is 18.3. The van der Waals surface area contributed by atoms with Crippen molar-refractivity contribution in [3.8, 4) is 0 Å². The lowest BCUT2D eigenvalue weighted by Gasteiger charge is -2.40. The highest BCUT2D eigenvalue weighted by Gasteiger charge is 2.33. The highest BCUT2D eigenvalue weighted by molar-refractivity contribution is 5.98. The van der Waals surface area contributed by atoms with Gasteiger partial charge in [-0.05, 0) is 17.7 Å². The van der Waals surface area contributed by atoms with Crippen LogP contribution in [0, 0.1) is 0 Å². The maximum Gasteiger partial charge on any atom is 0.325 e. The van der Waals surface area contributed by atoms with Gasteiger partial charge in [0.1, 0.15) is 6.54 Å². The summed E-state index contributed by atoms with van der Waals surface area (Å²) < 4.78 is 0. The van der Waals surface area contributed by atoms with Crippen molar-refractivity contribution in [3.05, 3.63) is 59.7 Å². The molecule has 2 aromatic rings. The number of benzene rings is 2. The second-order valence-electron chi connectivity index (χ2n) is 7.19. The number of piperazine rings is 1. The molecule has 0 radical (unpaired) electrons. The fraction of sp³-hybridized carbons (Fsp3) is 0.333. The summed E-state index contributed by atoms with van der Waals surface area (Å²) >= 11 is 0. The predicted molar refractivity (Wildman–Crippen MR) is 109 cm³/mol. The van der Waals surface area contributed by atoms with E-state index in [2.05, 4.69) is 16.3 Å². The average Bonchev–Trinajstić information content (AvgIpc) is 2.72. The summed E-state index contributed by atoms with van der Waals surface area (Å²) in [6, 6.07) is 15.8. The van der Waals surface area contributed by atoms with Crippen LogP contribution in [0.5, 0.6) is 0 Å². The van der Waals surface area contributed by atoms with Gasteiger partial charge >= 0.3 is 6.03 Å². The van der Waals surface area contributed by atoms with Gasteiger partial charge in [0.15, 0.2) is 0 Å². The lowest BCUT2D eigenvalue weighted by molar-refractivity contribution is -0.118. The third-order valence-electron chi connectivity index (χ3n) is 5.26. The third-order valence-corrected chi connectivity index (χ3v) is 5.26. The van der Waals surface area contributed by atoms with Gasteiger partial charge in [-0.3, -0.25) is 9.69 Å². The van der Waals surface area contributed by atoms with Gasteiger partial charge in [-0.1, -0.05) is 36.4 Å². The number of nitrogens with two attached hydrogens (primary N) is 1. The molecule has 1 fully saturated rings. The predicted octanol–water partition coefficient (Wildman–Crippen LogP) is 1.52. The molecule has 7 heteroatoms. The molecule has 28 heavy (non-hydrogen) atoms. The van der Waals surface area contributed by atoms with E-state index in [1.54, 1.807) is 9.80 Å². The monoisotopic (exact) mass is 379 g/mol. The van der Waals surface area contributed by atoms with Crippen molar-refractivity contribution in [1.29, 1.82) is 0 Å². The fourth-order valence-electron chi connectivity index (χ4n) is 3.94. The molecule has 3 amide bonds. The number of nitrogens with one attached hydrogen (secondary N) is 1. The van der Waals surface area contributed by atoms with Crippen LogP contribution in [0.1, 0.15) is 11.1 Å². The summed E-state index contributed by atoms with van der Waals surface area (Å²) in [6.07, 6.45) is 0. The zero-order valence-corrected chi connectivity index (χ0v) is 15.8. The number of anilines is 2. The molecule has 0 bridgehead atoms. The van der Waals surface area contributed by atoms with Gasteiger partial charge in [-0.25, -0.2) is 4.79 Å². The number of carbonyl (C=O) groups is 2. The highest BCUT2D eigenvalue weighted by Crippen LogP contribution is 2.36. The molecule has 0 saturated carbocycles. The molecule has 0 aromatic heterocycles. The molecule has 7 nitrogen and oxygen atoms in total. The van der Waals surface area contributed by atoms with Gasteiger partial charge in [0, 0.05) is 37.4 Å². The van der Waals surface area contributed by atoms with E-state index < -0.39 is 5.91 Å². The maximum absolute atomic E-state index is 13.1. The van der Waals surface area contributed by atoms with Crippen molar-refractivity contribution < 1.29 is 9.59 Å². The molecule has 146 valence electrons. The number of fused-ring (bicyclic) bond motifs is 1. The van der Waals surface area contributed by atoms with E-state index in [0.29, 0.717) is 13.1 Å². The standard InChI is InChI=1S/C21H25N5O2/c22-20(27)15-25-14-17-18(24-11-9-23-10-12-24)7-4-8-19(17)26(21(25)28)13-16-5-2-1-3-6-16/h1-8,23H,9-15H2,(H2,22,27). The van der Waals surface area contributed by atoms with Gasteiger partial charge in [0.05, 0.1) is 18.8 Å². The Morgan fingerprint density at radius 3 is 2.43 bits per heavy atom. The summed E-state index contributed by atoms with van der Waals surface area (Å²) in [5.74, 6) is -0.504. The number of nitrogens with zero attached hydrogens (tertiary/aromatic N) is 3. The van der Waals surface area contributed by atoms with Crippen molar-refractivity contribution in [2.24, 2.45) is 5.73 Å². The van der Waals surface area contributed by atoms with Crippen LogP contribution >= 0.6 is 0 Å². The van der Waals surface area contributed by atoms with Crippen LogP contribution in [-0.2, 0) is 17.9 Å². The van der Waals surface area contributed by atoms with Gasteiger partial charge in [-0.15, -0.1) is 0 Å². The van der Waals surface area contributed by atoms with Crippen LogP contribution in [0.3, 0.4) is 0 Å². The first-order valence-electron chi connectivity index (χ1n) is 9.59. The fourth-order valence-corrected chi connectivity index (χ4v) is 3.94. The maximum atomic E-state index is 13.1. The van der Waals surface area contributed by atoms with Gasteiger partial charge < -0.3 is 20.9 Å². The molecule has 3 N–H and O–H groups in total. The minimum absolute atomic E-state index is 0.0839. The molecular weight excluding hydrogens is 354 g/mol. The zero-order valence-electron chi connectivity index (χ0n) is 15.8. The first-order valence-corrected chi connectivity index (χ1v) is 9.59. The average molecular weight is 379 g/mol. The van der Waals surface area contributed by atoms with Crippen molar-refractivity contribution in [2.45, 2.75) is 13.1 Å². The largest absolute Gasteiger partial charge is 0.369 e. The molecular formula is C21H25N5O2. The molecule has 0 atom stereocenters. The van der Waals surface area contributed by atoms with Crippen molar-refractivity contribution in [2.75, 3.05) is 42.5 Å². The van der Waals surface area contributed by atoms with E-state index in [4.69, 9.17) is 5.73 Å². The Hall–Kier alpha value is -3.06. The summed E-state index contributed by atoms with van der Waals surface area (Å²) in [7, 11) is 0. The molecule has 0 spiro atoms. The van der Waals surface area contributed by atoms with Crippen molar-refractivity contribution in [1.82, 2.24) is 10.2 Å². The first-order chi connectivity index (χ1) is 13.6. The van der Waals surface area contributed by atoms with E-state index >= 15 is 0 Å². The highest BCUT2D eigenvalue weighted by atomic mass is 16.2. The minimum atomic E-state index is -0.504. The molecule has 0 aliphatic carbocycles. The Balaban J connectivity index is 1.74. The van der Waals surface area contributed by atoms with Crippen LogP contribution in [0.4, 0.5) is 16.2 Å². The third kappa shape index (κ3) is 3.66. The summed E-state index contributed by atoms with van der Waals surface area (Å²) in [5.41, 5.74) is 9.55. The van der Waals surface area contributed by atoms with E-state index in [0.717, 1.165) is 48.7 Å². The van der Waals surface area contributed by atoms with E-state index in [9.17, 15) is 9.59 Å². The lowest BCUT2D eigenvalue weighted by atomic mass is 10.0. The zero-order chi connectivity index (χ0) is 19.5. The van der Waals surface area contributed by atoms with E-state index in [1.165, 1.54) is 0 Å². The molecule has 0 unspecified atom stereocenters. The summed E-state index contributed by atoms with van der Waals surface area (Å²) in [5, 5.41) is 3.37. The molecule has 2 aliphatic heterocycles. The molecule has 2 aliphatic rings. The Morgan fingerprint density at radius 1 is 1.00 bits per heavy atom. The number of hydrogen-bond donors (Lipinski definition) is 2. The smallest absolute Gasteiger partial charge is 0.325 e. The van der Waals surface area contributed by atoms with Crippen LogP contribution < -0.4 is 20.9 Å². The van der Waals surface area contributed by atoms with Gasteiger partial charge in [-0.2, -0.15) is 0 Å². The normalized spacial score (nSPS) is 16.9. The SMILES string of the molecule is NC(=O)CN1Cc2c(N3CCNCC3)cccc2N(Cc2ccccc2)C1=O. The van der Waals surface area contributed by atoms with Crippen LogP contribution in [0.15, 0.2) is 48.5 Å². The van der Waals surface area contributed by atoms with Crippen molar-refractivity contribution >= 4 is 23.3 Å². The summed E-state index contributed by atoms with van der Waals surface area (Å²) in [6.45, 7) is 4.45. The van der Waals surface area contributed by atoms with Gasteiger partial charge in [0.2, 0.25) is 5.91 Å². The lowest BCUT2D eigenvalue weighted by Crippen LogP contribution is -2.50. The second-order valence-corrected chi connectivity index (χ2v) is 7.19. The second kappa shape index (κ2) is 7.90. The molecule has 1 saturated heterocycles. The number of amides is 3. The van der Waals surface area contributed by atoms with E-state index in [-0.39, 0.29) is 12.6 Å². The topological polar surface area (TPSA) is 81.9 Å². The van der Waals surface area contributed by atoms with Gasteiger partial charge in [0.25, 0.3) is 0 Å². The molecule has 4 rings (SSSR count). The van der Waals surface area contributed by atoms with E-state index in [1.807, 2.05) is 42.5 Å². The number of urea groups is 1. The Kier molecular flexibility index (Phi) is 5.16. The molecule has 2 aromatic carbocycles. The number of primary amides is 1. The Bertz CT molecular complexity index is 864. The van der Waals surface area contributed by atoms with Crippen LogP contribution in [0.25, 0.3) is 0 Å². The number of carbonyl (C=O) groups excluding carboxylic acids is 2.